The molecule has 0 saturated heterocycles. The monoisotopic (exact) mass is 1300 g/mol. The minimum Gasteiger partial charge on any atom is -0.494 e. The van der Waals surface area contributed by atoms with Gasteiger partial charge in [0.05, 0.1) is 45.2 Å². The summed E-state index contributed by atoms with van der Waals surface area (Å²) in [6.45, 7) is 20.6. The molecular weight excluding hydrogens is 1220 g/mol. The number of benzene rings is 8. The Morgan fingerprint density at radius 2 is 0.967 bits per heavy atom. The molecule has 0 unspecified atom stereocenters. The topological polar surface area (TPSA) is 83.5 Å². The van der Waals surface area contributed by atoms with Gasteiger partial charge in [0.15, 0.2) is 5.78 Å². The third-order valence-electron chi connectivity index (χ3n) is 16.1. The third-order valence-corrected chi connectivity index (χ3v) is 17.4. The molecular formula is C79H88BrCl2LiO7. The van der Waals surface area contributed by atoms with E-state index in [-0.39, 0.29) is 48.7 Å². The van der Waals surface area contributed by atoms with E-state index in [2.05, 4.69) is 119 Å². The summed E-state index contributed by atoms with van der Waals surface area (Å²) in [6, 6.07) is 68.6. The number of halogens is 3. The predicted molar refractivity (Wildman–Crippen MR) is 369 cm³/mol. The summed E-state index contributed by atoms with van der Waals surface area (Å²) in [7, 11) is 0. The standard InChI is InChI=1S/C38H41ClO4.C23H26O3.C14H12BrCl.C4H9.Li/c1-4-31-24-38(40,33-18-21-35(39)32(23-33)22-28-16-19-34(20-17-28)41-5-2)37(43-26-30-14-10-7-11-15-30)36(27(31)3)42-25-29-12-8-6-9-13-29;1-3-20-14-21(24)23(26-16-19-12-8-5-9-13-19)22(17(20)2)25-15-18-10-6-4-7-11-18;1-10-2-4-11(5-3-10)8-12-9-13(15)6-7-14(12)16;1-3-4-2;/h6-21,23-24,27,36-37,40H,4-5,22,25-26H2,1-3H3;4-14,17,22-23H,3,15-16H2,1-2H3;2-7,9H,8H2,1H3;1,3-4H2,2H3;/q;;;-1;+1/t27-,36+,37-,38-;17-,22+,23+;;;/m11.../s1. The molecule has 0 aromatic heterocycles. The van der Waals surface area contributed by atoms with Crippen LogP contribution in [-0.2, 0) is 68.6 Å². The number of aryl methyl sites for hydroxylation is 1. The Morgan fingerprint density at radius 3 is 1.44 bits per heavy atom. The first-order valence-corrected chi connectivity index (χ1v) is 32.8. The number of aliphatic hydroxyl groups is 1. The summed E-state index contributed by atoms with van der Waals surface area (Å²) >= 11 is 16.4. The molecule has 7 atom stereocenters. The van der Waals surface area contributed by atoms with Crippen LogP contribution >= 0.6 is 39.1 Å². The smallest absolute Gasteiger partial charge is 0.494 e. The Kier molecular flexibility index (Phi) is 31.1. The Bertz CT molecular complexity index is 3440. The van der Waals surface area contributed by atoms with Crippen LogP contribution in [0.2, 0.25) is 10.0 Å². The summed E-state index contributed by atoms with van der Waals surface area (Å²) in [5.74, 6) is 1.07. The first-order valence-electron chi connectivity index (χ1n) is 31.3. The van der Waals surface area contributed by atoms with Crippen LogP contribution in [0.3, 0.4) is 0 Å². The summed E-state index contributed by atoms with van der Waals surface area (Å²) in [6.07, 6.45) is 7.31. The van der Waals surface area contributed by atoms with E-state index >= 15 is 0 Å². The van der Waals surface area contributed by atoms with Gasteiger partial charge in [-0.25, -0.2) is 0 Å². The van der Waals surface area contributed by atoms with E-state index in [1.807, 2.05) is 165 Å². The van der Waals surface area contributed by atoms with Crippen LogP contribution in [0.15, 0.2) is 234 Å². The molecule has 90 heavy (non-hydrogen) atoms. The molecule has 8 aromatic rings. The zero-order chi connectivity index (χ0) is 63.5. The first-order chi connectivity index (χ1) is 43.2. The number of unbranched alkanes of at least 4 members (excludes halogenated alkanes) is 1. The van der Waals surface area contributed by atoms with E-state index < -0.39 is 17.8 Å². The Hall–Kier alpha value is -5.83. The predicted octanol–water partition coefficient (Wildman–Crippen LogP) is 17.0. The van der Waals surface area contributed by atoms with Crippen molar-refractivity contribution in [1.29, 1.82) is 0 Å². The average Bonchev–Trinajstić information content (AvgIpc) is 0.767. The summed E-state index contributed by atoms with van der Waals surface area (Å²) < 4.78 is 32.2. The summed E-state index contributed by atoms with van der Waals surface area (Å²) in [5, 5.41) is 14.2. The van der Waals surface area contributed by atoms with Crippen LogP contribution in [0, 0.1) is 25.7 Å². The second-order valence-corrected chi connectivity index (χ2v) is 24.4. The number of carbonyl (C=O) groups is 1. The number of hydrogen-bond donors (Lipinski definition) is 1. The molecule has 7 nitrogen and oxygen atoms in total. The second-order valence-electron chi connectivity index (χ2n) is 22.7. The largest absolute Gasteiger partial charge is 1.00 e. The van der Waals surface area contributed by atoms with Gasteiger partial charge in [0, 0.05) is 26.4 Å². The van der Waals surface area contributed by atoms with Crippen molar-refractivity contribution < 1.29 is 52.4 Å². The molecule has 0 amide bonds. The van der Waals surface area contributed by atoms with E-state index in [9.17, 15) is 9.90 Å². The van der Waals surface area contributed by atoms with Crippen molar-refractivity contribution in [2.24, 2.45) is 11.8 Å². The molecule has 10 rings (SSSR count). The van der Waals surface area contributed by atoms with Crippen molar-refractivity contribution in [2.45, 2.75) is 143 Å². The van der Waals surface area contributed by atoms with Gasteiger partial charge in [-0.15, -0.1) is 0 Å². The fourth-order valence-corrected chi connectivity index (χ4v) is 11.7. The minimum atomic E-state index is -1.42. The molecule has 0 aliphatic heterocycles. The summed E-state index contributed by atoms with van der Waals surface area (Å²) in [4.78, 5) is 12.7. The van der Waals surface area contributed by atoms with Crippen molar-refractivity contribution in [3.63, 3.8) is 0 Å². The van der Waals surface area contributed by atoms with Crippen LogP contribution in [0.4, 0.5) is 0 Å². The molecule has 2 aliphatic rings. The van der Waals surface area contributed by atoms with Gasteiger partial charge >= 0.3 is 18.9 Å². The van der Waals surface area contributed by atoms with Gasteiger partial charge in [-0.1, -0.05) is 267 Å². The van der Waals surface area contributed by atoms with E-state index in [0.717, 1.165) is 96.6 Å². The quantitative estimate of drug-likeness (QED) is 0.0411. The van der Waals surface area contributed by atoms with Crippen molar-refractivity contribution in [1.82, 2.24) is 0 Å². The molecule has 1 N–H and O–H groups in total. The molecule has 11 heteroatoms. The number of hydrogen-bond acceptors (Lipinski definition) is 7. The number of ether oxygens (including phenoxy) is 5. The average molecular weight is 1310 g/mol. The van der Waals surface area contributed by atoms with Gasteiger partial charge in [0.25, 0.3) is 0 Å². The van der Waals surface area contributed by atoms with Crippen LogP contribution < -0.4 is 23.6 Å². The molecule has 468 valence electrons. The number of rotatable bonds is 22. The third kappa shape index (κ3) is 21.9. The molecule has 0 heterocycles. The maximum Gasteiger partial charge on any atom is 1.00 e. The molecule has 2 aliphatic carbocycles. The zero-order valence-corrected chi connectivity index (χ0v) is 56.9. The zero-order valence-electron chi connectivity index (χ0n) is 53.8. The molecule has 0 bridgehead atoms. The molecule has 0 radical (unpaired) electrons. The fraction of sp³-hybridized carbons (Fsp3) is 0.316. The van der Waals surface area contributed by atoms with Crippen LogP contribution in [0.1, 0.15) is 123 Å². The molecule has 8 aromatic carbocycles. The van der Waals surface area contributed by atoms with E-state index in [1.54, 1.807) is 6.08 Å². The van der Waals surface area contributed by atoms with Gasteiger partial charge in [-0.2, -0.15) is 6.42 Å². The maximum atomic E-state index is 12.7. The number of carbonyl (C=O) groups excluding carboxylic acids is 1. The normalized spacial score (nSPS) is 19.2. The Morgan fingerprint density at radius 1 is 0.533 bits per heavy atom. The second kappa shape index (κ2) is 38.2. The van der Waals surface area contributed by atoms with Crippen LogP contribution in [-0.4, -0.2) is 41.9 Å². The van der Waals surface area contributed by atoms with Crippen LogP contribution in [0.25, 0.3) is 0 Å². The van der Waals surface area contributed by atoms with Gasteiger partial charge in [-0.05, 0) is 138 Å². The molecule has 0 fully saturated rings. The van der Waals surface area contributed by atoms with E-state index in [1.165, 1.54) is 17.5 Å². The van der Waals surface area contributed by atoms with Crippen molar-refractivity contribution in [3.05, 3.63) is 307 Å². The minimum absolute atomic E-state index is 0. The van der Waals surface area contributed by atoms with Gasteiger partial charge in [0.2, 0.25) is 0 Å². The van der Waals surface area contributed by atoms with Crippen molar-refractivity contribution in [3.8, 4) is 5.75 Å². The van der Waals surface area contributed by atoms with Gasteiger partial charge in [-0.3, -0.25) is 4.79 Å². The van der Waals surface area contributed by atoms with E-state index in [0.29, 0.717) is 44.5 Å². The Balaban J connectivity index is 0.000000231. The van der Waals surface area contributed by atoms with E-state index in [4.69, 9.17) is 46.9 Å². The van der Waals surface area contributed by atoms with Crippen LogP contribution in [0.5, 0.6) is 5.75 Å². The Labute approximate surface area is 567 Å². The van der Waals surface area contributed by atoms with Crippen molar-refractivity contribution >= 4 is 44.9 Å². The molecule has 0 saturated carbocycles. The molecule has 0 spiro atoms. The fourth-order valence-electron chi connectivity index (χ4n) is 10.9. The first kappa shape index (κ1) is 73.2. The maximum absolute atomic E-state index is 12.7. The summed E-state index contributed by atoms with van der Waals surface area (Å²) in [5.41, 5.74) is 11.6. The number of ketones is 1. The van der Waals surface area contributed by atoms with Gasteiger partial charge < -0.3 is 35.7 Å². The SMILES string of the molecule is CCC1=CC(=O)[C@H](OCc2ccccc2)[C@@H](OCc2ccccc2)[C@@H]1C.CCOc1ccc(Cc2cc([C@]3(O)C=C(CC)[C@@H](C)[C@H](OCc4ccccc4)[C@H]3OCc3ccccc3)ccc2Cl)cc1.Cc1ccc(Cc2cc(Br)ccc2Cl)cc1.[CH2-]CCC.[Li+]. The van der Waals surface area contributed by atoms with Gasteiger partial charge in [0.1, 0.15) is 23.6 Å². The van der Waals surface area contributed by atoms with Crippen molar-refractivity contribution in [2.75, 3.05) is 6.61 Å².